The summed E-state index contributed by atoms with van der Waals surface area (Å²) in [5.74, 6) is 0.251. The van der Waals surface area contributed by atoms with E-state index in [0.717, 1.165) is 17.9 Å². The molecule has 7 heteroatoms. The van der Waals surface area contributed by atoms with E-state index in [2.05, 4.69) is 4.99 Å². The van der Waals surface area contributed by atoms with Crippen LogP contribution in [0.4, 0.5) is 10.1 Å². The molecule has 0 bridgehead atoms. The molecule has 102 valence electrons. The van der Waals surface area contributed by atoms with E-state index < -0.39 is 16.3 Å². The first-order valence-corrected chi connectivity index (χ1v) is 6.89. The Kier molecular flexibility index (Phi) is 3.75. The second-order valence-electron chi connectivity index (χ2n) is 4.35. The van der Waals surface area contributed by atoms with E-state index >= 15 is 0 Å². The summed E-state index contributed by atoms with van der Waals surface area (Å²) in [5, 5.41) is 11.2. The molecule has 1 heterocycles. The molecule has 5 nitrogen and oxygen atoms in total. The molecule has 1 aliphatic rings. The lowest BCUT2D eigenvalue weighted by Gasteiger charge is -2.32. The van der Waals surface area contributed by atoms with E-state index in [9.17, 15) is 14.5 Å². The number of nitro groups is 1. The van der Waals surface area contributed by atoms with Gasteiger partial charge < -0.3 is 5.73 Å². The van der Waals surface area contributed by atoms with E-state index in [-0.39, 0.29) is 11.3 Å². The Morgan fingerprint density at radius 2 is 2.37 bits per heavy atom. The second kappa shape index (κ2) is 5.16. The number of nitro benzene ring substituents is 1. The molecule has 0 amide bonds. The van der Waals surface area contributed by atoms with Crippen LogP contribution < -0.4 is 5.73 Å². The van der Waals surface area contributed by atoms with Gasteiger partial charge in [-0.2, -0.15) is 0 Å². The molecule has 0 aromatic heterocycles. The summed E-state index contributed by atoms with van der Waals surface area (Å²) >= 11 is 1.42. The highest BCUT2D eigenvalue weighted by Crippen LogP contribution is 2.40. The summed E-state index contributed by atoms with van der Waals surface area (Å²) < 4.78 is 14.0. The predicted octanol–water partition coefficient (Wildman–Crippen LogP) is 2.79. The van der Waals surface area contributed by atoms with Crippen LogP contribution >= 0.6 is 11.8 Å². The zero-order valence-electron chi connectivity index (χ0n) is 10.4. The number of benzene rings is 1. The molecule has 1 aromatic rings. The standard InChI is InChI=1S/C12H14FN3O2S/c1-2-12(5-6-19-11(14)15-12)9-7-8(16(17)18)3-4-10(9)13/h3-4,7H,2,5-6H2,1H3,(H2,14,15). The number of non-ortho nitro benzene ring substituents is 1. The number of hydrogen-bond donors (Lipinski definition) is 1. The Morgan fingerprint density at radius 3 is 2.95 bits per heavy atom. The van der Waals surface area contributed by atoms with Gasteiger partial charge in [0.2, 0.25) is 0 Å². The summed E-state index contributed by atoms with van der Waals surface area (Å²) in [6.45, 7) is 1.88. The third-order valence-electron chi connectivity index (χ3n) is 3.34. The van der Waals surface area contributed by atoms with Gasteiger partial charge in [-0.15, -0.1) is 0 Å². The van der Waals surface area contributed by atoms with Gasteiger partial charge >= 0.3 is 0 Å². The summed E-state index contributed by atoms with van der Waals surface area (Å²) in [6.07, 6.45) is 1.17. The molecule has 1 unspecified atom stereocenters. The van der Waals surface area contributed by atoms with Crippen LogP contribution in [0, 0.1) is 15.9 Å². The van der Waals surface area contributed by atoms with Crippen molar-refractivity contribution in [2.24, 2.45) is 10.7 Å². The number of thioether (sulfide) groups is 1. The number of halogens is 1. The number of hydrogen-bond acceptors (Lipinski definition) is 5. The van der Waals surface area contributed by atoms with Gasteiger partial charge in [-0.3, -0.25) is 15.1 Å². The third kappa shape index (κ3) is 2.56. The lowest BCUT2D eigenvalue weighted by atomic mass is 9.84. The molecular weight excluding hydrogens is 269 g/mol. The summed E-state index contributed by atoms with van der Waals surface area (Å²) in [7, 11) is 0. The van der Waals surface area contributed by atoms with E-state index in [1.54, 1.807) is 0 Å². The van der Waals surface area contributed by atoms with Crippen LogP contribution in [-0.4, -0.2) is 15.8 Å². The van der Waals surface area contributed by atoms with Gasteiger partial charge in [0.25, 0.3) is 5.69 Å². The highest BCUT2D eigenvalue weighted by atomic mass is 32.2. The molecule has 1 atom stereocenters. The molecule has 0 saturated carbocycles. The van der Waals surface area contributed by atoms with E-state index in [1.165, 1.54) is 17.8 Å². The molecule has 0 spiro atoms. The molecular formula is C12H14FN3O2S. The van der Waals surface area contributed by atoms with Crippen molar-refractivity contribution in [1.82, 2.24) is 0 Å². The molecule has 0 fully saturated rings. The zero-order chi connectivity index (χ0) is 14.0. The Balaban J connectivity index is 2.57. The number of amidine groups is 1. The highest BCUT2D eigenvalue weighted by Gasteiger charge is 2.36. The normalized spacial score (nSPS) is 22.9. The number of aliphatic imine (C=N–C) groups is 1. The summed E-state index contributed by atoms with van der Waals surface area (Å²) in [5.41, 5.74) is 5.07. The van der Waals surface area contributed by atoms with E-state index in [0.29, 0.717) is 18.0 Å². The first-order valence-electron chi connectivity index (χ1n) is 5.91. The number of rotatable bonds is 3. The fourth-order valence-corrected chi connectivity index (χ4v) is 3.14. The predicted molar refractivity (Wildman–Crippen MR) is 73.7 cm³/mol. The minimum Gasteiger partial charge on any atom is -0.379 e. The minimum absolute atomic E-state index is 0.128. The Labute approximate surface area is 114 Å². The maximum Gasteiger partial charge on any atom is 0.270 e. The smallest absolute Gasteiger partial charge is 0.270 e. The van der Waals surface area contributed by atoms with Crippen molar-refractivity contribution in [2.75, 3.05) is 5.75 Å². The van der Waals surface area contributed by atoms with E-state index in [4.69, 9.17) is 5.73 Å². The number of nitrogens with zero attached hydrogens (tertiary/aromatic N) is 2. The topological polar surface area (TPSA) is 81.5 Å². The molecule has 1 aromatic carbocycles. The van der Waals surface area contributed by atoms with Crippen LogP contribution in [0.25, 0.3) is 0 Å². The Bertz CT molecular complexity index is 550. The molecule has 2 N–H and O–H groups in total. The van der Waals surface area contributed by atoms with Gasteiger partial charge in [0, 0.05) is 23.4 Å². The molecule has 0 aliphatic carbocycles. The van der Waals surface area contributed by atoms with Crippen molar-refractivity contribution < 1.29 is 9.31 Å². The summed E-state index contributed by atoms with van der Waals surface area (Å²) in [4.78, 5) is 14.7. The average molecular weight is 283 g/mol. The quantitative estimate of drug-likeness (QED) is 0.683. The lowest BCUT2D eigenvalue weighted by molar-refractivity contribution is -0.385. The van der Waals surface area contributed by atoms with Crippen LogP contribution in [0.2, 0.25) is 0 Å². The van der Waals surface area contributed by atoms with Crippen LogP contribution in [0.5, 0.6) is 0 Å². The highest BCUT2D eigenvalue weighted by molar-refractivity contribution is 8.13. The maximum absolute atomic E-state index is 14.0. The summed E-state index contributed by atoms with van der Waals surface area (Å²) in [6, 6.07) is 3.55. The van der Waals surface area contributed by atoms with Crippen LogP contribution in [0.15, 0.2) is 23.2 Å². The maximum atomic E-state index is 14.0. The van der Waals surface area contributed by atoms with Crippen molar-refractivity contribution >= 4 is 22.6 Å². The van der Waals surface area contributed by atoms with Crippen LogP contribution in [0.3, 0.4) is 0 Å². The fourth-order valence-electron chi connectivity index (χ4n) is 2.25. The average Bonchev–Trinajstić information content (AvgIpc) is 2.38. The van der Waals surface area contributed by atoms with Gasteiger partial charge in [0.15, 0.2) is 5.17 Å². The van der Waals surface area contributed by atoms with Gasteiger partial charge in [-0.25, -0.2) is 4.39 Å². The molecule has 1 aliphatic heterocycles. The molecule has 0 saturated heterocycles. The van der Waals surface area contributed by atoms with Crippen molar-refractivity contribution in [1.29, 1.82) is 0 Å². The Morgan fingerprint density at radius 1 is 1.63 bits per heavy atom. The largest absolute Gasteiger partial charge is 0.379 e. The first kappa shape index (κ1) is 13.8. The van der Waals surface area contributed by atoms with Crippen LogP contribution in [-0.2, 0) is 5.54 Å². The number of nitrogens with two attached hydrogens (primary N) is 1. The van der Waals surface area contributed by atoms with Crippen molar-refractivity contribution in [2.45, 2.75) is 25.3 Å². The second-order valence-corrected chi connectivity index (χ2v) is 5.47. The molecule has 0 radical (unpaired) electrons. The van der Waals surface area contributed by atoms with Gasteiger partial charge in [0.05, 0.1) is 10.5 Å². The Hall–Kier alpha value is -1.63. The zero-order valence-corrected chi connectivity index (χ0v) is 11.2. The minimum atomic E-state index is -0.786. The van der Waals surface area contributed by atoms with Crippen molar-refractivity contribution in [3.05, 3.63) is 39.7 Å². The molecule has 19 heavy (non-hydrogen) atoms. The third-order valence-corrected chi connectivity index (χ3v) is 4.13. The SMILES string of the molecule is CCC1(c2cc([N+](=O)[O-])ccc2F)CCSC(N)=N1. The van der Waals surface area contributed by atoms with Crippen molar-refractivity contribution in [3.8, 4) is 0 Å². The van der Waals surface area contributed by atoms with Gasteiger partial charge in [-0.1, -0.05) is 18.7 Å². The van der Waals surface area contributed by atoms with Crippen LogP contribution in [0.1, 0.15) is 25.3 Å². The first-order chi connectivity index (χ1) is 8.98. The van der Waals surface area contributed by atoms with Gasteiger partial charge in [0.1, 0.15) is 5.82 Å². The fraction of sp³-hybridized carbons (Fsp3) is 0.417. The lowest BCUT2D eigenvalue weighted by Crippen LogP contribution is -2.32. The van der Waals surface area contributed by atoms with E-state index in [1.807, 2.05) is 6.92 Å². The monoisotopic (exact) mass is 283 g/mol. The van der Waals surface area contributed by atoms with Crippen molar-refractivity contribution in [3.63, 3.8) is 0 Å². The molecule has 2 rings (SSSR count). The van der Waals surface area contributed by atoms with Gasteiger partial charge in [-0.05, 0) is 18.9 Å².